The Bertz CT molecular complexity index is 701. The van der Waals surface area contributed by atoms with Crippen molar-refractivity contribution in [1.82, 2.24) is 5.32 Å². The molecule has 0 spiro atoms. The predicted octanol–water partition coefficient (Wildman–Crippen LogP) is 3.41. The fourth-order valence-corrected chi connectivity index (χ4v) is 2.74. The fourth-order valence-electron chi connectivity index (χ4n) is 1.83. The zero-order valence-corrected chi connectivity index (χ0v) is 12.4. The number of hydrogen-bond acceptors (Lipinski definition) is 4. The van der Waals surface area contributed by atoms with Gasteiger partial charge in [0.15, 0.2) is 0 Å². The molecule has 2 rings (SSSR count). The summed E-state index contributed by atoms with van der Waals surface area (Å²) in [6.07, 6.45) is 0. The molecule has 0 fully saturated rings. The SMILES string of the molecule is CNC(=O)c1cccc(Sc2ccc(C)c([N+](=O)[O-])c2)c1. The Kier molecular flexibility index (Phi) is 4.59. The second-order valence-corrected chi connectivity index (χ2v) is 5.56. The molecule has 0 radical (unpaired) electrons. The van der Waals surface area contributed by atoms with Crippen LogP contribution < -0.4 is 5.32 Å². The van der Waals surface area contributed by atoms with Crippen LogP contribution in [0.2, 0.25) is 0 Å². The number of nitrogens with zero attached hydrogens (tertiary/aromatic N) is 1. The van der Waals surface area contributed by atoms with Gasteiger partial charge in [0.1, 0.15) is 0 Å². The largest absolute Gasteiger partial charge is 0.355 e. The molecule has 0 aromatic heterocycles. The van der Waals surface area contributed by atoms with Crippen LogP contribution in [0.15, 0.2) is 52.3 Å². The summed E-state index contributed by atoms with van der Waals surface area (Å²) in [5.41, 5.74) is 1.29. The summed E-state index contributed by atoms with van der Waals surface area (Å²) in [5, 5.41) is 13.5. The Morgan fingerprint density at radius 2 is 1.90 bits per heavy atom. The van der Waals surface area contributed by atoms with Crippen LogP contribution in [0.4, 0.5) is 5.69 Å². The number of benzene rings is 2. The minimum atomic E-state index is -0.389. The van der Waals surface area contributed by atoms with Crippen LogP contribution in [-0.4, -0.2) is 17.9 Å². The normalized spacial score (nSPS) is 10.2. The van der Waals surface area contributed by atoms with Gasteiger partial charge in [-0.1, -0.05) is 23.9 Å². The first-order chi connectivity index (χ1) is 10.0. The quantitative estimate of drug-likeness (QED) is 0.694. The van der Waals surface area contributed by atoms with Crippen molar-refractivity contribution in [3.05, 3.63) is 63.7 Å². The van der Waals surface area contributed by atoms with Crippen molar-refractivity contribution >= 4 is 23.4 Å². The number of amides is 1. The van der Waals surface area contributed by atoms with Crippen LogP contribution in [0, 0.1) is 17.0 Å². The van der Waals surface area contributed by atoms with Gasteiger partial charge in [-0.05, 0) is 31.2 Å². The monoisotopic (exact) mass is 302 g/mol. The van der Waals surface area contributed by atoms with Crippen molar-refractivity contribution in [3.8, 4) is 0 Å². The van der Waals surface area contributed by atoms with E-state index in [0.29, 0.717) is 11.1 Å². The summed E-state index contributed by atoms with van der Waals surface area (Å²) in [6.45, 7) is 1.71. The molecule has 0 aliphatic carbocycles. The van der Waals surface area contributed by atoms with Crippen LogP contribution in [0.25, 0.3) is 0 Å². The van der Waals surface area contributed by atoms with Crippen LogP contribution in [0.3, 0.4) is 0 Å². The number of nitrogens with one attached hydrogen (secondary N) is 1. The lowest BCUT2D eigenvalue weighted by Crippen LogP contribution is -2.17. The van der Waals surface area contributed by atoms with E-state index in [1.807, 2.05) is 12.1 Å². The summed E-state index contributed by atoms with van der Waals surface area (Å²) in [4.78, 5) is 23.8. The fraction of sp³-hybridized carbons (Fsp3) is 0.133. The molecule has 0 aliphatic heterocycles. The summed E-state index contributed by atoms with van der Waals surface area (Å²) in [6, 6.07) is 12.2. The number of hydrogen-bond donors (Lipinski definition) is 1. The molecule has 2 aromatic carbocycles. The van der Waals surface area contributed by atoms with E-state index in [-0.39, 0.29) is 16.5 Å². The molecular weight excluding hydrogens is 288 g/mol. The van der Waals surface area contributed by atoms with Crippen molar-refractivity contribution in [1.29, 1.82) is 0 Å². The standard InChI is InChI=1S/C15H14N2O3S/c1-10-6-7-13(9-14(10)17(19)20)21-12-5-3-4-11(8-12)15(18)16-2/h3-9H,1-2H3,(H,16,18). The Balaban J connectivity index is 2.28. The number of nitro benzene ring substituents is 1. The maximum atomic E-state index is 11.6. The van der Waals surface area contributed by atoms with Gasteiger partial charge >= 0.3 is 0 Å². The van der Waals surface area contributed by atoms with E-state index < -0.39 is 0 Å². The van der Waals surface area contributed by atoms with Crippen molar-refractivity contribution in [3.63, 3.8) is 0 Å². The predicted molar refractivity (Wildman–Crippen MR) is 81.8 cm³/mol. The zero-order chi connectivity index (χ0) is 15.4. The maximum absolute atomic E-state index is 11.6. The van der Waals surface area contributed by atoms with E-state index in [4.69, 9.17) is 0 Å². The highest BCUT2D eigenvalue weighted by molar-refractivity contribution is 7.99. The van der Waals surface area contributed by atoms with Crippen LogP contribution in [-0.2, 0) is 0 Å². The van der Waals surface area contributed by atoms with Crippen molar-refractivity contribution in [2.45, 2.75) is 16.7 Å². The third-order valence-corrected chi connectivity index (χ3v) is 3.92. The first kappa shape index (κ1) is 15.1. The van der Waals surface area contributed by atoms with E-state index >= 15 is 0 Å². The average molecular weight is 302 g/mol. The van der Waals surface area contributed by atoms with E-state index in [1.165, 1.54) is 11.8 Å². The highest BCUT2D eigenvalue weighted by Crippen LogP contribution is 2.31. The van der Waals surface area contributed by atoms with Crippen molar-refractivity contribution < 1.29 is 9.72 Å². The second kappa shape index (κ2) is 6.41. The molecule has 6 heteroatoms. The summed E-state index contributed by atoms with van der Waals surface area (Å²) >= 11 is 1.39. The van der Waals surface area contributed by atoms with Crippen molar-refractivity contribution in [2.24, 2.45) is 0 Å². The van der Waals surface area contributed by atoms with Gasteiger partial charge in [0.2, 0.25) is 0 Å². The molecular formula is C15H14N2O3S. The van der Waals surface area contributed by atoms with Gasteiger partial charge in [0.05, 0.1) is 4.92 Å². The Morgan fingerprint density at radius 3 is 2.57 bits per heavy atom. The molecule has 2 aromatic rings. The maximum Gasteiger partial charge on any atom is 0.273 e. The molecule has 1 amide bonds. The Labute approximate surface area is 126 Å². The van der Waals surface area contributed by atoms with Crippen molar-refractivity contribution in [2.75, 3.05) is 7.05 Å². The number of carbonyl (C=O) groups is 1. The summed E-state index contributed by atoms with van der Waals surface area (Å²) < 4.78 is 0. The molecule has 0 saturated heterocycles. The van der Waals surface area contributed by atoms with Gasteiger partial charge in [0.25, 0.3) is 11.6 Å². The van der Waals surface area contributed by atoms with Crippen LogP contribution in [0.1, 0.15) is 15.9 Å². The third kappa shape index (κ3) is 3.61. The molecule has 5 nitrogen and oxygen atoms in total. The van der Waals surface area contributed by atoms with Gasteiger partial charge in [-0.3, -0.25) is 14.9 Å². The van der Waals surface area contributed by atoms with Crippen LogP contribution in [0.5, 0.6) is 0 Å². The minimum absolute atomic E-state index is 0.0995. The summed E-state index contributed by atoms with van der Waals surface area (Å²) in [7, 11) is 1.57. The smallest absolute Gasteiger partial charge is 0.273 e. The number of carbonyl (C=O) groups excluding carboxylic acids is 1. The molecule has 0 saturated carbocycles. The molecule has 0 heterocycles. The third-order valence-electron chi connectivity index (χ3n) is 2.94. The lowest BCUT2D eigenvalue weighted by molar-refractivity contribution is -0.385. The molecule has 0 atom stereocenters. The first-order valence-electron chi connectivity index (χ1n) is 6.26. The molecule has 0 bridgehead atoms. The Hall–Kier alpha value is -2.34. The van der Waals surface area contributed by atoms with Gasteiger partial charge in [0, 0.05) is 34.0 Å². The number of aryl methyl sites for hydroxylation is 1. The van der Waals surface area contributed by atoms with Crippen LogP contribution >= 0.6 is 11.8 Å². The summed E-state index contributed by atoms with van der Waals surface area (Å²) in [5.74, 6) is -0.160. The zero-order valence-electron chi connectivity index (χ0n) is 11.6. The highest BCUT2D eigenvalue weighted by atomic mass is 32.2. The topological polar surface area (TPSA) is 72.2 Å². The molecule has 0 aliphatic rings. The lowest BCUT2D eigenvalue weighted by Gasteiger charge is -2.05. The Morgan fingerprint density at radius 1 is 1.19 bits per heavy atom. The molecule has 108 valence electrons. The van der Waals surface area contributed by atoms with Gasteiger partial charge in [-0.25, -0.2) is 0 Å². The lowest BCUT2D eigenvalue weighted by atomic mass is 10.2. The van der Waals surface area contributed by atoms with E-state index in [9.17, 15) is 14.9 Å². The second-order valence-electron chi connectivity index (χ2n) is 4.41. The van der Waals surface area contributed by atoms with Gasteiger partial charge in [-0.2, -0.15) is 0 Å². The van der Waals surface area contributed by atoms with E-state index in [2.05, 4.69) is 5.32 Å². The van der Waals surface area contributed by atoms with E-state index in [1.54, 1.807) is 44.3 Å². The molecule has 0 unspecified atom stereocenters. The highest BCUT2D eigenvalue weighted by Gasteiger charge is 2.12. The number of rotatable bonds is 4. The van der Waals surface area contributed by atoms with Gasteiger partial charge < -0.3 is 5.32 Å². The first-order valence-corrected chi connectivity index (χ1v) is 7.08. The number of nitro groups is 1. The molecule has 21 heavy (non-hydrogen) atoms. The average Bonchev–Trinajstić information content (AvgIpc) is 2.48. The minimum Gasteiger partial charge on any atom is -0.355 e. The molecule has 1 N–H and O–H groups in total. The van der Waals surface area contributed by atoms with E-state index in [0.717, 1.165) is 9.79 Å². The van der Waals surface area contributed by atoms with Gasteiger partial charge in [-0.15, -0.1) is 0 Å².